The molecule has 0 spiro atoms. The van der Waals surface area contributed by atoms with Gasteiger partial charge in [-0.2, -0.15) is 0 Å². The predicted molar refractivity (Wildman–Crippen MR) is 84.1 cm³/mol. The van der Waals surface area contributed by atoms with Gasteiger partial charge in [-0.05, 0) is 24.6 Å². The maximum absolute atomic E-state index is 5.55. The second-order valence-corrected chi connectivity index (χ2v) is 5.27. The van der Waals surface area contributed by atoms with Gasteiger partial charge in [-0.15, -0.1) is 0 Å². The summed E-state index contributed by atoms with van der Waals surface area (Å²) >= 11 is 0. The minimum Gasteiger partial charge on any atom is -0.384 e. The Kier molecular flexibility index (Phi) is 5.33. The van der Waals surface area contributed by atoms with Gasteiger partial charge in [-0.3, -0.25) is 0 Å². The number of likely N-dealkylation sites (N-methyl/N-ethyl adjacent to an activating group) is 1. The van der Waals surface area contributed by atoms with Crippen LogP contribution in [0.15, 0.2) is 60.7 Å². The first kappa shape index (κ1) is 14.8. The van der Waals surface area contributed by atoms with E-state index in [0.29, 0.717) is 6.61 Å². The topological polar surface area (TPSA) is 21.3 Å². The summed E-state index contributed by atoms with van der Waals surface area (Å²) in [7, 11) is 3.77. The molecule has 20 heavy (non-hydrogen) atoms. The standard InChI is InChI=1S/C18H23NO/c1-19-14-18(15-20-2,17-11-7-4-8-12-17)13-16-9-5-3-6-10-16/h3-12,19H,13-15H2,1-2H3. The molecule has 0 bridgehead atoms. The van der Waals surface area contributed by atoms with E-state index in [4.69, 9.17) is 4.74 Å². The number of ether oxygens (including phenoxy) is 1. The van der Waals surface area contributed by atoms with E-state index in [-0.39, 0.29) is 5.41 Å². The molecule has 0 aliphatic carbocycles. The molecule has 0 fully saturated rings. The normalized spacial score (nSPS) is 13.9. The van der Waals surface area contributed by atoms with Crippen molar-refractivity contribution in [2.45, 2.75) is 11.8 Å². The third kappa shape index (κ3) is 3.47. The van der Waals surface area contributed by atoms with Crippen molar-refractivity contribution in [3.63, 3.8) is 0 Å². The SMILES string of the molecule is CNCC(COC)(Cc1ccccc1)c1ccccc1. The number of hydrogen-bond donors (Lipinski definition) is 1. The zero-order chi connectivity index (χ0) is 14.3. The molecule has 2 aromatic carbocycles. The zero-order valence-corrected chi connectivity index (χ0v) is 12.3. The smallest absolute Gasteiger partial charge is 0.0574 e. The molecule has 2 rings (SSSR count). The predicted octanol–water partition coefficient (Wildman–Crippen LogP) is 3.03. The third-order valence-electron chi connectivity index (χ3n) is 3.71. The summed E-state index contributed by atoms with van der Waals surface area (Å²) in [6.45, 7) is 1.59. The molecule has 0 saturated heterocycles. The van der Waals surface area contributed by atoms with Gasteiger partial charge in [0.1, 0.15) is 0 Å². The lowest BCUT2D eigenvalue weighted by atomic mass is 9.76. The van der Waals surface area contributed by atoms with Crippen LogP contribution in [0.3, 0.4) is 0 Å². The highest BCUT2D eigenvalue weighted by Gasteiger charge is 2.31. The molecule has 0 amide bonds. The van der Waals surface area contributed by atoms with Crippen LogP contribution in [0.25, 0.3) is 0 Å². The van der Waals surface area contributed by atoms with Gasteiger partial charge in [0.2, 0.25) is 0 Å². The largest absolute Gasteiger partial charge is 0.384 e. The van der Waals surface area contributed by atoms with Gasteiger partial charge in [-0.1, -0.05) is 60.7 Å². The van der Waals surface area contributed by atoms with Crippen LogP contribution in [0.2, 0.25) is 0 Å². The maximum Gasteiger partial charge on any atom is 0.0574 e. The Balaban J connectivity index is 2.36. The molecule has 0 saturated carbocycles. The summed E-state index contributed by atoms with van der Waals surface area (Å²) in [6, 6.07) is 21.3. The summed E-state index contributed by atoms with van der Waals surface area (Å²) < 4.78 is 5.55. The lowest BCUT2D eigenvalue weighted by Gasteiger charge is -2.34. The molecule has 2 nitrogen and oxygen atoms in total. The fourth-order valence-electron chi connectivity index (χ4n) is 2.85. The van der Waals surface area contributed by atoms with Crippen molar-refractivity contribution in [2.75, 3.05) is 27.3 Å². The van der Waals surface area contributed by atoms with E-state index in [1.54, 1.807) is 7.11 Å². The number of hydrogen-bond acceptors (Lipinski definition) is 2. The van der Waals surface area contributed by atoms with Gasteiger partial charge in [0.25, 0.3) is 0 Å². The lowest BCUT2D eigenvalue weighted by molar-refractivity contribution is 0.128. The van der Waals surface area contributed by atoms with E-state index in [9.17, 15) is 0 Å². The molecular formula is C18H23NO. The second kappa shape index (κ2) is 7.22. The Bertz CT molecular complexity index is 489. The molecule has 0 radical (unpaired) electrons. The average Bonchev–Trinajstić information content (AvgIpc) is 2.49. The lowest BCUT2D eigenvalue weighted by Crippen LogP contribution is -2.42. The average molecular weight is 269 g/mol. The highest BCUT2D eigenvalue weighted by Crippen LogP contribution is 2.28. The van der Waals surface area contributed by atoms with Crippen molar-refractivity contribution < 1.29 is 4.74 Å². The van der Waals surface area contributed by atoms with Crippen molar-refractivity contribution in [3.8, 4) is 0 Å². The van der Waals surface area contributed by atoms with Crippen molar-refractivity contribution in [1.82, 2.24) is 5.32 Å². The highest BCUT2D eigenvalue weighted by molar-refractivity contribution is 5.30. The van der Waals surface area contributed by atoms with Crippen molar-refractivity contribution in [3.05, 3.63) is 71.8 Å². The Morgan fingerprint density at radius 3 is 2.10 bits per heavy atom. The van der Waals surface area contributed by atoms with Crippen LogP contribution in [-0.2, 0) is 16.6 Å². The summed E-state index contributed by atoms with van der Waals surface area (Å²) in [4.78, 5) is 0. The van der Waals surface area contributed by atoms with Crippen LogP contribution in [0.5, 0.6) is 0 Å². The van der Waals surface area contributed by atoms with Crippen molar-refractivity contribution >= 4 is 0 Å². The first-order chi connectivity index (χ1) is 9.80. The van der Waals surface area contributed by atoms with E-state index in [0.717, 1.165) is 13.0 Å². The fraction of sp³-hybridized carbons (Fsp3) is 0.333. The van der Waals surface area contributed by atoms with Crippen LogP contribution in [0, 0.1) is 0 Å². The second-order valence-electron chi connectivity index (χ2n) is 5.27. The van der Waals surface area contributed by atoms with E-state index in [1.165, 1.54) is 11.1 Å². The zero-order valence-electron chi connectivity index (χ0n) is 12.3. The fourth-order valence-corrected chi connectivity index (χ4v) is 2.85. The first-order valence-corrected chi connectivity index (χ1v) is 7.04. The quantitative estimate of drug-likeness (QED) is 0.834. The molecule has 0 aromatic heterocycles. The first-order valence-electron chi connectivity index (χ1n) is 7.04. The van der Waals surface area contributed by atoms with Crippen LogP contribution < -0.4 is 5.32 Å². The van der Waals surface area contributed by atoms with Crippen LogP contribution in [0.1, 0.15) is 11.1 Å². The van der Waals surface area contributed by atoms with Gasteiger partial charge in [0.05, 0.1) is 6.61 Å². The molecule has 1 unspecified atom stereocenters. The summed E-state index contributed by atoms with van der Waals surface area (Å²) in [5.41, 5.74) is 2.62. The van der Waals surface area contributed by atoms with Crippen LogP contribution in [-0.4, -0.2) is 27.3 Å². The number of methoxy groups -OCH3 is 1. The number of benzene rings is 2. The highest BCUT2D eigenvalue weighted by atomic mass is 16.5. The van der Waals surface area contributed by atoms with Gasteiger partial charge in [0.15, 0.2) is 0 Å². The van der Waals surface area contributed by atoms with E-state index >= 15 is 0 Å². The molecule has 106 valence electrons. The maximum atomic E-state index is 5.55. The number of nitrogens with one attached hydrogen (secondary N) is 1. The Labute approximate surface area is 121 Å². The Morgan fingerprint density at radius 2 is 1.55 bits per heavy atom. The van der Waals surface area contributed by atoms with Crippen LogP contribution >= 0.6 is 0 Å². The monoisotopic (exact) mass is 269 g/mol. The molecule has 0 aliphatic rings. The van der Waals surface area contributed by atoms with Gasteiger partial charge < -0.3 is 10.1 Å². The summed E-state index contributed by atoms with van der Waals surface area (Å²) in [5.74, 6) is 0. The molecule has 0 aliphatic heterocycles. The van der Waals surface area contributed by atoms with Gasteiger partial charge in [0, 0.05) is 19.1 Å². The van der Waals surface area contributed by atoms with Gasteiger partial charge in [-0.25, -0.2) is 0 Å². The molecular weight excluding hydrogens is 246 g/mol. The molecule has 0 heterocycles. The summed E-state index contributed by atoms with van der Waals surface area (Å²) in [6.07, 6.45) is 0.965. The van der Waals surface area contributed by atoms with E-state index in [1.807, 2.05) is 7.05 Å². The Morgan fingerprint density at radius 1 is 0.950 bits per heavy atom. The number of rotatable bonds is 7. The van der Waals surface area contributed by atoms with Crippen molar-refractivity contribution in [2.24, 2.45) is 0 Å². The molecule has 1 N–H and O–H groups in total. The van der Waals surface area contributed by atoms with Crippen molar-refractivity contribution in [1.29, 1.82) is 0 Å². The minimum absolute atomic E-state index is 0.0356. The molecule has 2 heteroatoms. The molecule has 1 atom stereocenters. The van der Waals surface area contributed by atoms with Crippen LogP contribution in [0.4, 0.5) is 0 Å². The molecule has 2 aromatic rings. The Hall–Kier alpha value is -1.64. The minimum atomic E-state index is -0.0356. The summed E-state index contributed by atoms with van der Waals surface area (Å²) in [5, 5.41) is 3.33. The van der Waals surface area contributed by atoms with Gasteiger partial charge >= 0.3 is 0 Å². The van der Waals surface area contributed by atoms with E-state index < -0.39 is 0 Å². The third-order valence-corrected chi connectivity index (χ3v) is 3.71. The van der Waals surface area contributed by atoms with E-state index in [2.05, 4.69) is 66.0 Å².